The first-order valence-corrected chi connectivity index (χ1v) is 11.0. The van der Waals surface area contributed by atoms with E-state index in [1.165, 1.54) is 0 Å². The molecule has 0 aliphatic carbocycles. The maximum Gasteiger partial charge on any atom is 0.271 e. The number of carbonyl (C=O) groups excluding carboxylic acids is 1. The molecule has 4 rings (SSSR count). The van der Waals surface area contributed by atoms with Crippen molar-refractivity contribution in [2.45, 2.75) is 13.5 Å². The number of benzene rings is 4. The Kier molecular flexibility index (Phi) is 7.22. The molecule has 0 saturated heterocycles. The molecule has 5 nitrogen and oxygen atoms in total. The zero-order valence-corrected chi connectivity index (χ0v) is 18.9. The van der Waals surface area contributed by atoms with E-state index in [-0.39, 0.29) is 5.91 Å². The largest absolute Gasteiger partial charge is 0.494 e. The fourth-order valence-electron chi connectivity index (χ4n) is 3.41. The van der Waals surface area contributed by atoms with Crippen LogP contribution in [-0.4, -0.2) is 18.7 Å². The first-order chi connectivity index (χ1) is 16.1. The molecule has 0 unspecified atom stereocenters. The molecule has 1 amide bonds. The summed E-state index contributed by atoms with van der Waals surface area (Å²) in [7, 11) is 0. The van der Waals surface area contributed by atoms with Crippen molar-refractivity contribution in [3.8, 4) is 11.5 Å². The number of nitrogens with one attached hydrogen (secondary N) is 1. The van der Waals surface area contributed by atoms with Crippen LogP contribution in [0.15, 0.2) is 90.0 Å². The van der Waals surface area contributed by atoms with E-state index in [1.807, 2.05) is 67.6 Å². The van der Waals surface area contributed by atoms with Crippen molar-refractivity contribution >= 4 is 34.5 Å². The highest BCUT2D eigenvalue weighted by atomic mass is 35.5. The van der Waals surface area contributed by atoms with Crippen LogP contribution in [-0.2, 0) is 6.61 Å². The van der Waals surface area contributed by atoms with Crippen LogP contribution in [0, 0.1) is 0 Å². The summed E-state index contributed by atoms with van der Waals surface area (Å²) in [6.07, 6.45) is 1.61. The summed E-state index contributed by atoms with van der Waals surface area (Å²) < 4.78 is 11.5. The summed E-state index contributed by atoms with van der Waals surface area (Å²) in [5.74, 6) is 1.07. The fraction of sp³-hybridized carbons (Fsp3) is 0.111. The molecule has 0 bridgehead atoms. The molecule has 166 valence electrons. The Morgan fingerprint density at radius 1 is 0.970 bits per heavy atom. The molecule has 4 aromatic rings. The van der Waals surface area contributed by atoms with Gasteiger partial charge in [-0.15, -0.1) is 0 Å². The van der Waals surface area contributed by atoms with Gasteiger partial charge in [-0.3, -0.25) is 4.79 Å². The Morgan fingerprint density at radius 2 is 1.79 bits per heavy atom. The lowest BCUT2D eigenvalue weighted by Gasteiger charge is -2.12. The minimum absolute atomic E-state index is 0.309. The molecule has 0 heterocycles. The zero-order chi connectivity index (χ0) is 23.0. The molecule has 0 saturated carbocycles. The van der Waals surface area contributed by atoms with Crippen LogP contribution in [0.2, 0.25) is 5.02 Å². The number of halogens is 1. The summed E-state index contributed by atoms with van der Waals surface area (Å²) in [6, 6.07) is 26.3. The van der Waals surface area contributed by atoms with Gasteiger partial charge in [-0.25, -0.2) is 5.43 Å². The third-order valence-electron chi connectivity index (χ3n) is 5.00. The van der Waals surface area contributed by atoms with Crippen molar-refractivity contribution in [1.82, 2.24) is 5.43 Å². The van der Waals surface area contributed by atoms with E-state index in [9.17, 15) is 4.79 Å². The van der Waals surface area contributed by atoms with Crippen LogP contribution in [0.5, 0.6) is 11.5 Å². The van der Waals surface area contributed by atoms with Crippen molar-refractivity contribution in [2.75, 3.05) is 6.61 Å². The van der Waals surface area contributed by atoms with Gasteiger partial charge in [0.15, 0.2) is 0 Å². The monoisotopic (exact) mass is 458 g/mol. The fourth-order valence-corrected chi connectivity index (χ4v) is 3.62. The number of hydrazone groups is 1. The predicted molar refractivity (Wildman–Crippen MR) is 132 cm³/mol. The summed E-state index contributed by atoms with van der Waals surface area (Å²) in [5, 5.41) is 6.88. The molecule has 0 atom stereocenters. The lowest BCUT2D eigenvalue weighted by molar-refractivity contribution is 0.0955. The molecule has 6 heteroatoms. The van der Waals surface area contributed by atoms with Crippen LogP contribution in [0.4, 0.5) is 0 Å². The van der Waals surface area contributed by atoms with Gasteiger partial charge in [-0.1, -0.05) is 54.1 Å². The first kappa shape index (κ1) is 22.4. The zero-order valence-electron chi connectivity index (χ0n) is 18.1. The maximum absolute atomic E-state index is 12.5. The summed E-state index contributed by atoms with van der Waals surface area (Å²) in [5.41, 5.74) is 4.82. The molecule has 0 radical (unpaired) electrons. The second-order valence-electron chi connectivity index (χ2n) is 7.27. The van der Waals surface area contributed by atoms with Gasteiger partial charge in [-0.05, 0) is 65.7 Å². The molecule has 1 N–H and O–H groups in total. The molecular weight excluding hydrogens is 436 g/mol. The average molecular weight is 459 g/mol. The highest BCUT2D eigenvalue weighted by molar-refractivity contribution is 6.30. The maximum atomic E-state index is 12.5. The first-order valence-electron chi connectivity index (χ1n) is 10.6. The molecule has 0 aromatic heterocycles. The van der Waals surface area contributed by atoms with E-state index < -0.39 is 0 Å². The van der Waals surface area contributed by atoms with Crippen molar-refractivity contribution in [2.24, 2.45) is 5.10 Å². The van der Waals surface area contributed by atoms with Gasteiger partial charge in [0.2, 0.25) is 0 Å². The van der Waals surface area contributed by atoms with E-state index in [0.29, 0.717) is 29.5 Å². The second kappa shape index (κ2) is 10.7. The Bertz CT molecular complexity index is 1290. The van der Waals surface area contributed by atoms with Gasteiger partial charge in [0, 0.05) is 16.1 Å². The van der Waals surface area contributed by atoms with Crippen LogP contribution < -0.4 is 14.9 Å². The Labute approximate surface area is 197 Å². The van der Waals surface area contributed by atoms with Crippen LogP contribution >= 0.6 is 11.6 Å². The number of carbonyl (C=O) groups is 1. The molecule has 33 heavy (non-hydrogen) atoms. The predicted octanol–water partition coefficient (Wildman–Crippen LogP) is 6.23. The van der Waals surface area contributed by atoms with Crippen molar-refractivity contribution in [3.63, 3.8) is 0 Å². The highest BCUT2D eigenvalue weighted by Crippen LogP contribution is 2.27. The number of rotatable bonds is 8. The SMILES string of the molecule is CCOc1ccc(C(=O)N/N=C/c2c(OCc3cccc(Cl)c3)ccc3ccccc23)cc1. The number of amides is 1. The third kappa shape index (κ3) is 5.70. The topological polar surface area (TPSA) is 59.9 Å². The minimum Gasteiger partial charge on any atom is -0.494 e. The highest BCUT2D eigenvalue weighted by Gasteiger charge is 2.09. The standard InChI is InChI=1S/C27H23ClN2O3/c1-2-32-23-13-10-21(11-14-23)27(31)30-29-17-25-24-9-4-3-7-20(24)12-15-26(25)33-18-19-6-5-8-22(28)16-19/h3-17H,2,18H2,1H3,(H,30,31)/b29-17+. The minimum atomic E-state index is -0.309. The second-order valence-corrected chi connectivity index (χ2v) is 7.71. The average Bonchev–Trinajstić information content (AvgIpc) is 2.84. The molecular formula is C27H23ClN2O3. The Balaban J connectivity index is 1.54. The molecule has 0 spiro atoms. The van der Waals surface area contributed by atoms with Gasteiger partial charge in [0.05, 0.1) is 12.8 Å². The van der Waals surface area contributed by atoms with Crippen LogP contribution in [0.1, 0.15) is 28.4 Å². The van der Waals surface area contributed by atoms with Gasteiger partial charge >= 0.3 is 0 Å². The lowest BCUT2D eigenvalue weighted by Crippen LogP contribution is -2.17. The summed E-state index contributed by atoms with van der Waals surface area (Å²) in [4.78, 5) is 12.5. The van der Waals surface area contributed by atoms with E-state index in [1.54, 1.807) is 30.5 Å². The van der Waals surface area contributed by atoms with Gasteiger partial charge in [0.1, 0.15) is 18.1 Å². The number of fused-ring (bicyclic) bond motifs is 1. The van der Waals surface area contributed by atoms with Crippen molar-refractivity contribution in [1.29, 1.82) is 0 Å². The number of hydrogen-bond acceptors (Lipinski definition) is 4. The van der Waals surface area contributed by atoms with Gasteiger partial charge in [-0.2, -0.15) is 5.10 Å². The lowest BCUT2D eigenvalue weighted by atomic mass is 10.0. The molecule has 0 aliphatic heterocycles. The van der Waals surface area contributed by atoms with E-state index in [4.69, 9.17) is 21.1 Å². The Morgan fingerprint density at radius 3 is 2.58 bits per heavy atom. The van der Waals surface area contributed by atoms with E-state index in [0.717, 1.165) is 27.6 Å². The number of hydrogen-bond donors (Lipinski definition) is 1. The van der Waals surface area contributed by atoms with Gasteiger partial charge < -0.3 is 9.47 Å². The van der Waals surface area contributed by atoms with Crippen molar-refractivity contribution < 1.29 is 14.3 Å². The van der Waals surface area contributed by atoms with Crippen molar-refractivity contribution in [3.05, 3.63) is 107 Å². The van der Waals surface area contributed by atoms with E-state index >= 15 is 0 Å². The third-order valence-corrected chi connectivity index (χ3v) is 5.24. The van der Waals surface area contributed by atoms with Gasteiger partial charge in [0.25, 0.3) is 5.91 Å². The number of ether oxygens (including phenoxy) is 2. The number of nitrogens with zero attached hydrogens (tertiary/aromatic N) is 1. The molecule has 0 aliphatic rings. The Hall–Kier alpha value is -3.83. The van der Waals surface area contributed by atoms with E-state index in [2.05, 4.69) is 10.5 Å². The quantitative estimate of drug-likeness (QED) is 0.251. The summed E-state index contributed by atoms with van der Waals surface area (Å²) in [6.45, 7) is 2.84. The summed E-state index contributed by atoms with van der Waals surface area (Å²) >= 11 is 6.09. The van der Waals surface area contributed by atoms with Crippen LogP contribution in [0.3, 0.4) is 0 Å². The smallest absolute Gasteiger partial charge is 0.271 e. The normalized spacial score (nSPS) is 11.0. The van der Waals surface area contributed by atoms with Crippen LogP contribution in [0.25, 0.3) is 10.8 Å². The molecule has 0 fully saturated rings. The molecule has 4 aromatic carbocycles.